The van der Waals surface area contributed by atoms with E-state index in [-0.39, 0.29) is 5.82 Å². The first-order valence-corrected chi connectivity index (χ1v) is 6.79. The molecular weight excluding hydrogens is 259 g/mol. The van der Waals surface area contributed by atoms with Crippen LogP contribution in [-0.2, 0) is 9.53 Å². The van der Waals surface area contributed by atoms with Crippen LogP contribution in [0.25, 0.3) is 0 Å². The predicted octanol–water partition coefficient (Wildman–Crippen LogP) is 2.32. The van der Waals surface area contributed by atoms with E-state index in [9.17, 15) is 9.18 Å². The van der Waals surface area contributed by atoms with Gasteiger partial charge in [0.05, 0.1) is 12.8 Å². The van der Waals surface area contributed by atoms with Crippen LogP contribution >= 0.6 is 0 Å². The summed E-state index contributed by atoms with van der Waals surface area (Å²) in [5, 5.41) is 0. The van der Waals surface area contributed by atoms with Gasteiger partial charge < -0.3 is 15.4 Å². The Balaban J connectivity index is 2.59. The average Bonchev–Trinajstić information content (AvgIpc) is 2.43. The number of ether oxygens (including phenoxy) is 1. The highest BCUT2D eigenvalue weighted by Gasteiger charge is 2.28. The Morgan fingerprint density at radius 1 is 1.45 bits per heavy atom. The van der Waals surface area contributed by atoms with Crippen molar-refractivity contribution in [3.05, 3.63) is 30.1 Å². The number of rotatable bonds is 7. The minimum atomic E-state index is -0.997. The molecule has 4 nitrogen and oxygen atoms in total. The molecule has 0 spiro atoms. The third kappa shape index (κ3) is 4.20. The van der Waals surface area contributed by atoms with Crippen LogP contribution in [0.5, 0.6) is 0 Å². The summed E-state index contributed by atoms with van der Waals surface area (Å²) in [6, 6.07) is 6.67. The summed E-state index contributed by atoms with van der Waals surface area (Å²) in [6.07, 6.45) is 1.18. The highest BCUT2D eigenvalue weighted by Crippen LogP contribution is 2.20. The van der Waals surface area contributed by atoms with Gasteiger partial charge in [-0.2, -0.15) is 0 Å². The summed E-state index contributed by atoms with van der Waals surface area (Å²) < 4.78 is 18.4. The number of methoxy groups -OCH3 is 1. The monoisotopic (exact) mass is 282 g/mol. The number of hydrogen-bond acceptors (Lipinski definition) is 4. The van der Waals surface area contributed by atoms with Crippen molar-refractivity contribution in [1.82, 2.24) is 0 Å². The van der Waals surface area contributed by atoms with Crippen LogP contribution in [0.3, 0.4) is 0 Å². The summed E-state index contributed by atoms with van der Waals surface area (Å²) in [6.45, 7) is 4.95. The molecule has 0 aromatic heterocycles. The Morgan fingerprint density at radius 3 is 2.65 bits per heavy atom. The zero-order valence-corrected chi connectivity index (χ0v) is 12.4. The van der Waals surface area contributed by atoms with Crippen molar-refractivity contribution in [2.75, 3.05) is 25.1 Å². The van der Waals surface area contributed by atoms with Gasteiger partial charge in [-0.05, 0) is 38.8 Å². The number of nitrogens with zero attached hydrogens (tertiary/aromatic N) is 1. The maximum atomic E-state index is 13.7. The molecule has 0 aliphatic carbocycles. The summed E-state index contributed by atoms with van der Waals surface area (Å²) in [4.78, 5) is 13.4. The lowest BCUT2D eigenvalue weighted by Gasteiger charge is -2.26. The van der Waals surface area contributed by atoms with Crippen molar-refractivity contribution in [2.24, 2.45) is 5.73 Å². The maximum Gasteiger partial charge on any atom is 0.325 e. The molecule has 0 aliphatic heterocycles. The SMILES string of the molecule is CCN(CCCC(C)(N)C(=O)OC)c1ccccc1F. The van der Waals surface area contributed by atoms with Crippen LogP contribution in [0.1, 0.15) is 26.7 Å². The summed E-state index contributed by atoms with van der Waals surface area (Å²) in [5.41, 5.74) is 5.48. The van der Waals surface area contributed by atoms with Gasteiger partial charge in [-0.25, -0.2) is 4.39 Å². The van der Waals surface area contributed by atoms with Crippen molar-refractivity contribution in [2.45, 2.75) is 32.2 Å². The molecule has 0 radical (unpaired) electrons. The van der Waals surface area contributed by atoms with Crippen LogP contribution < -0.4 is 10.6 Å². The molecule has 112 valence electrons. The second-order valence-electron chi connectivity index (χ2n) is 5.04. The minimum absolute atomic E-state index is 0.238. The number of anilines is 1. The lowest BCUT2D eigenvalue weighted by molar-refractivity contribution is -0.146. The molecule has 0 saturated carbocycles. The number of nitrogens with two attached hydrogens (primary N) is 1. The third-order valence-electron chi connectivity index (χ3n) is 3.35. The van der Waals surface area contributed by atoms with E-state index in [1.807, 2.05) is 17.9 Å². The van der Waals surface area contributed by atoms with Crippen molar-refractivity contribution in [3.63, 3.8) is 0 Å². The van der Waals surface area contributed by atoms with Gasteiger partial charge in [0.25, 0.3) is 0 Å². The molecular formula is C15H23FN2O2. The Bertz CT molecular complexity index is 449. The van der Waals surface area contributed by atoms with Crippen LogP contribution in [0.4, 0.5) is 10.1 Å². The average molecular weight is 282 g/mol. The first kappa shape index (κ1) is 16.4. The summed E-state index contributed by atoms with van der Waals surface area (Å²) in [5.74, 6) is -0.663. The second-order valence-corrected chi connectivity index (χ2v) is 5.04. The van der Waals surface area contributed by atoms with E-state index >= 15 is 0 Å². The van der Waals surface area contributed by atoms with Crippen molar-refractivity contribution < 1.29 is 13.9 Å². The molecule has 0 heterocycles. The number of carbonyl (C=O) groups excluding carboxylic acids is 1. The normalized spacial score (nSPS) is 13.7. The molecule has 1 unspecified atom stereocenters. The van der Waals surface area contributed by atoms with Gasteiger partial charge in [0.1, 0.15) is 11.4 Å². The van der Waals surface area contributed by atoms with Gasteiger partial charge in [-0.3, -0.25) is 4.79 Å². The van der Waals surface area contributed by atoms with Crippen LogP contribution in [-0.4, -0.2) is 31.7 Å². The molecule has 0 saturated heterocycles. The fraction of sp³-hybridized carbons (Fsp3) is 0.533. The zero-order chi connectivity index (χ0) is 15.2. The van der Waals surface area contributed by atoms with Crippen molar-refractivity contribution in [3.8, 4) is 0 Å². The smallest absolute Gasteiger partial charge is 0.325 e. The van der Waals surface area contributed by atoms with Gasteiger partial charge in [0.15, 0.2) is 0 Å². The lowest BCUT2D eigenvalue weighted by Crippen LogP contribution is -2.46. The molecule has 0 bridgehead atoms. The van der Waals surface area contributed by atoms with Gasteiger partial charge in [0, 0.05) is 13.1 Å². The molecule has 2 N–H and O–H groups in total. The molecule has 1 rings (SSSR count). The molecule has 5 heteroatoms. The minimum Gasteiger partial charge on any atom is -0.468 e. The number of esters is 1. The van der Waals surface area contributed by atoms with E-state index < -0.39 is 11.5 Å². The van der Waals surface area contributed by atoms with Gasteiger partial charge in [0.2, 0.25) is 0 Å². The van der Waals surface area contributed by atoms with Crippen molar-refractivity contribution in [1.29, 1.82) is 0 Å². The summed E-state index contributed by atoms with van der Waals surface area (Å²) in [7, 11) is 1.32. The topological polar surface area (TPSA) is 55.6 Å². The van der Waals surface area contributed by atoms with Crippen LogP contribution in [0.15, 0.2) is 24.3 Å². The maximum absolute atomic E-state index is 13.7. The Kier molecular flexibility index (Phi) is 5.95. The number of para-hydroxylation sites is 1. The number of hydrogen-bond donors (Lipinski definition) is 1. The quantitative estimate of drug-likeness (QED) is 0.780. The Morgan fingerprint density at radius 2 is 2.10 bits per heavy atom. The number of halogens is 1. The van der Waals surface area contributed by atoms with Crippen LogP contribution in [0, 0.1) is 5.82 Å². The molecule has 1 atom stereocenters. The van der Waals surface area contributed by atoms with E-state index in [1.54, 1.807) is 19.1 Å². The first-order valence-electron chi connectivity index (χ1n) is 6.79. The van der Waals surface area contributed by atoms with Crippen LogP contribution in [0.2, 0.25) is 0 Å². The zero-order valence-electron chi connectivity index (χ0n) is 12.4. The molecule has 1 aromatic carbocycles. The predicted molar refractivity (Wildman–Crippen MR) is 78.1 cm³/mol. The second kappa shape index (κ2) is 7.24. The largest absolute Gasteiger partial charge is 0.468 e. The number of carbonyl (C=O) groups is 1. The van der Waals surface area contributed by atoms with Gasteiger partial charge in [-0.1, -0.05) is 12.1 Å². The fourth-order valence-electron chi connectivity index (χ4n) is 2.13. The highest BCUT2D eigenvalue weighted by atomic mass is 19.1. The van der Waals surface area contributed by atoms with Gasteiger partial charge in [-0.15, -0.1) is 0 Å². The van der Waals surface area contributed by atoms with E-state index in [1.165, 1.54) is 13.2 Å². The van der Waals surface area contributed by atoms with Gasteiger partial charge >= 0.3 is 5.97 Å². The Labute approximate surface area is 119 Å². The van der Waals surface area contributed by atoms with Crippen molar-refractivity contribution >= 4 is 11.7 Å². The lowest BCUT2D eigenvalue weighted by atomic mass is 9.97. The van der Waals surface area contributed by atoms with E-state index in [4.69, 9.17) is 5.73 Å². The molecule has 0 amide bonds. The Hall–Kier alpha value is -1.62. The first-order chi connectivity index (χ1) is 9.42. The molecule has 1 aromatic rings. The van der Waals surface area contributed by atoms with E-state index in [2.05, 4.69) is 4.74 Å². The standard InChI is InChI=1S/C15H23FN2O2/c1-4-18(13-9-6-5-8-12(13)16)11-7-10-15(2,17)14(19)20-3/h5-6,8-9H,4,7,10-11,17H2,1-3H3. The summed E-state index contributed by atoms with van der Waals surface area (Å²) >= 11 is 0. The highest BCUT2D eigenvalue weighted by molar-refractivity contribution is 5.79. The molecule has 20 heavy (non-hydrogen) atoms. The third-order valence-corrected chi connectivity index (χ3v) is 3.35. The molecule has 0 fully saturated rings. The number of benzene rings is 1. The van der Waals surface area contributed by atoms with E-state index in [0.29, 0.717) is 31.6 Å². The van der Waals surface area contributed by atoms with E-state index in [0.717, 1.165) is 0 Å². The molecule has 0 aliphatic rings. The fourth-order valence-corrected chi connectivity index (χ4v) is 2.13.